The minimum Gasteiger partial charge on any atom is -0.507 e. The molecule has 3 aromatic carbocycles. The molecule has 0 radical (unpaired) electrons. The first-order valence-electron chi connectivity index (χ1n) is 15.5. The van der Waals surface area contributed by atoms with E-state index >= 15 is 0 Å². The molecule has 17 nitrogen and oxygen atoms in total. The second-order valence-electron chi connectivity index (χ2n) is 12.5. The first-order valence-corrected chi connectivity index (χ1v) is 15.5. The van der Waals surface area contributed by atoms with Gasteiger partial charge in [-0.15, -0.1) is 0 Å². The van der Waals surface area contributed by atoms with Crippen LogP contribution in [0.3, 0.4) is 0 Å². The lowest BCUT2D eigenvalue weighted by atomic mass is 9.74. The molecule has 1 amide bonds. The van der Waals surface area contributed by atoms with Gasteiger partial charge in [-0.1, -0.05) is 6.07 Å². The van der Waals surface area contributed by atoms with Crippen LogP contribution in [0.5, 0.6) is 23.0 Å². The Morgan fingerprint density at radius 2 is 1.49 bits per heavy atom. The molecule has 0 bridgehead atoms. The number of hydrogen-bond donors (Lipinski definition) is 10. The highest BCUT2D eigenvalue weighted by atomic mass is 16.7. The summed E-state index contributed by atoms with van der Waals surface area (Å²) in [5.74, 6) is -7.05. The molecule has 3 aliphatic rings. The number of aliphatic hydroxyl groups excluding tert-OH is 5. The van der Waals surface area contributed by atoms with Crippen molar-refractivity contribution in [2.75, 3.05) is 13.7 Å². The molecule has 8 atom stereocenters. The zero-order valence-corrected chi connectivity index (χ0v) is 27.0. The third-order valence-corrected chi connectivity index (χ3v) is 9.39. The van der Waals surface area contributed by atoms with E-state index in [4.69, 9.17) is 14.2 Å². The van der Waals surface area contributed by atoms with Gasteiger partial charge in [0, 0.05) is 28.3 Å². The number of nitrogens with one attached hydrogen (secondary N) is 1. The number of rotatable bonds is 7. The maximum Gasteiger partial charge on any atom is 0.328 e. The summed E-state index contributed by atoms with van der Waals surface area (Å²) in [6.45, 7) is 1.71. The van der Waals surface area contributed by atoms with Crippen LogP contribution in [0, 0.1) is 6.92 Å². The van der Waals surface area contributed by atoms with Crippen LogP contribution in [0.15, 0.2) is 24.3 Å². The van der Waals surface area contributed by atoms with Gasteiger partial charge < -0.3 is 65.5 Å². The molecular weight excluding hydrogens is 678 g/mol. The number of carboxylic acids is 1. The second kappa shape index (κ2) is 12.9. The third-order valence-electron chi connectivity index (χ3n) is 9.39. The summed E-state index contributed by atoms with van der Waals surface area (Å²) in [4.78, 5) is 52.6. The third kappa shape index (κ3) is 5.46. The minimum absolute atomic E-state index is 0.0134. The number of ketones is 2. The summed E-state index contributed by atoms with van der Waals surface area (Å²) in [6, 6.07) is 2.76. The zero-order chi connectivity index (χ0) is 37.4. The number of carbonyl (C=O) groups is 4. The number of benzene rings is 3. The van der Waals surface area contributed by atoms with E-state index in [1.54, 1.807) is 0 Å². The van der Waals surface area contributed by atoms with Crippen molar-refractivity contribution in [1.82, 2.24) is 5.32 Å². The van der Waals surface area contributed by atoms with Gasteiger partial charge in [-0.2, -0.15) is 0 Å². The highest BCUT2D eigenvalue weighted by Gasteiger charge is 2.48. The molecule has 3 aromatic rings. The number of methoxy groups -OCH3 is 1. The molecule has 2 aliphatic carbocycles. The average molecular weight is 712 g/mol. The van der Waals surface area contributed by atoms with Gasteiger partial charge in [-0.25, -0.2) is 4.79 Å². The molecule has 51 heavy (non-hydrogen) atoms. The monoisotopic (exact) mass is 711 g/mol. The lowest BCUT2D eigenvalue weighted by Gasteiger charge is -2.42. The predicted octanol–water partition coefficient (Wildman–Crippen LogP) is -0.330. The Hall–Kier alpha value is -5.14. The molecule has 270 valence electrons. The number of aliphatic carboxylic acids is 1. The first-order chi connectivity index (χ1) is 24.0. The number of aliphatic hydroxyl groups is 5. The molecule has 1 fully saturated rings. The van der Waals surface area contributed by atoms with Crippen molar-refractivity contribution >= 4 is 23.4 Å². The van der Waals surface area contributed by atoms with Crippen molar-refractivity contribution in [3.8, 4) is 34.1 Å². The number of aryl methyl sites for hydroxylation is 1. The standard InChI is InChI=1S/C34H33NO16/c1-9-4-15-21(27(42)18(9)32(46)35-16(8-36)33(47)48)20-13(26(41)31(15)51-34-30(45)29(44)23(38)10(2)50-34)7-14-22(28(20)43)25(40)12-5-11(49-3)6-17(37)19(12)24(14)39/h4-7,10,16,23,26,29-31,34,36-38,41-45H,8H2,1-3H3,(H,35,46)(H,47,48)/t10?,16?,23?,26-,29?,30?,31-,34?/m0/s1. The maximum atomic E-state index is 13.9. The molecule has 0 saturated carbocycles. The van der Waals surface area contributed by atoms with Crippen LogP contribution in [0.2, 0.25) is 0 Å². The predicted molar refractivity (Wildman–Crippen MR) is 169 cm³/mol. The summed E-state index contributed by atoms with van der Waals surface area (Å²) in [6.07, 6.45) is -11.5. The number of aromatic hydroxyl groups is 3. The van der Waals surface area contributed by atoms with Crippen molar-refractivity contribution < 1.29 is 79.3 Å². The normalized spacial score (nSPS) is 25.6. The lowest BCUT2D eigenvalue weighted by Crippen LogP contribution is -2.57. The van der Waals surface area contributed by atoms with Crippen molar-refractivity contribution in [1.29, 1.82) is 0 Å². The highest BCUT2D eigenvalue weighted by Crippen LogP contribution is 2.57. The quantitative estimate of drug-likeness (QED) is 0.117. The van der Waals surface area contributed by atoms with Crippen molar-refractivity contribution in [3.05, 3.63) is 68.8 Å². The number of carbonyl (C=O) groups excluding carboxylic acids is 3. The molecule has 6 unspecified atom stereocenters. The number of fused-ring (bicyclic) bond motifs is 5. The molecule has 1 saturated heterocycles. The van der Waals surface area contributed by atoms with E-state index in [1.165, 1.54) is 33.1 Å². The summed E-state index contributed by atoms with van der Waals surface area (Å²) in [7, 11) is 1.26. The van der Waals surface area contributed by atoms with E-state index < -0.39 is 130 Å². The Morgan fingerprint density at radius 3 is 2.12 bits per heavy atom. The fraction of sp³-hybridized carbons (Fsp3) is 0.353. The molecule has 1 aliphatic heterocycles. The molecule has 1 heterocycles. The summed E-state index contributed by atoms with van der Waals surface area (Å²) < 4.78 is 16.7. The first kappa shape index (κ1) is 35.7. The van der Waals surface area contributed by atoms with Crippen LogP contribution < -0.4 is 10.1 Å². The van der Waals surface area contributed by atoms with Gasteiger partial charge in [-0.3, -0.25) is 14.4 Å². The van der Waals surface area contributed by atoms with E-state index in [1.807, 2.05) is 0 Å². The number of carboxylic acid groups (broad SMARTS) is 1. The summed E-state index contributed by atoms with van der Waals surface area (Å²) in [5.41, 5.74) is -3.64. The largest absolute Gasteiger partial charge is 0.507 e. The van der Waals surface area contributed by atoms with Crippen LogP contribution in [0.1, 0.15) is 78.0 Å². The van der Waals surface area contributed by atoms with Crippen LogP contribution in [-0.2, 0) is 14.3 Å². The van der Waals surface area contributed by atoms with Crippen LogP contribution in [-0.4, -0.2) is 120 Å². The molecule has 17 heteroatoms. The molecule has 0 aromatic heterocycles. The van der Waals surface area contributed by atoms with Crippen LogP contribution >= 0.6 is 0 Å². The Bertz CT molecular complexity index is 2010. The van der Waals surface area contributed by atoms with Crippen LogP contribution in [0.4, 0.5) is 0 Å². The maximum absolute atomic E-state index is 13.9. The Labute approximate surface area is 287 Å². The average Bonchev–Trinajstić information content (AvgIpc) is 3.08. The Kier molecular flexibility index (Phi) is 9.01. The second-order valence-corrected chi connectivity index (χ2v) is 12.5. The Balaban J connectivity index is 1.59. The zero-order valence-electron chi connectivity index (χ0n) is 27.0. The van der Waals surface area contributed by atoms with Gasteiger partial charge in [0.05, 0.1) is 36.5 Å². The fourth-order valence-corrected chi connectivity index (χ4v) is 6.77. The number of hydrogen-bond acceptors (Lipinski definition) is 15. The summed E-state index contributed by atoms with van der Waals surface area (Å²) in [5, 5.41) is 98.3. The molecule has 6 rings (SSSR count). The van der Waals surface area contributed by atoms with Crippen molar-refractivity contribution in [2.24, 2.45) is 0 Å². The van der Waals surface area contributed by atoms with E-state index in [-0.39, 0.29) is 28.0 Å². The van der Waals surface area contributed by atoms with Gasteiger partial charge in [0.25, 0.3) is 5.91 Å². The topological polar surface area (TPSA) is 290 Å². The van der Waals surface area contributed by atoms with Crippen LogP contribution in [0.25, 0.3) is 11.1 Å². The summed E-state index contributed by atoms with van der Waals surface area (Å²) >= 11 is 0. The van der Waals surface area contributed by atoms with E-state index in [2.05, 4.69) is 5.32 Å². The van der Waals surface area contributed by atoms with Gasteiger partial charge >= 0.3 is 5.97 Å². The van der Waals surface area contributed by atoms with Crippen molar-refractivity contribution in [3.63, 3.8) is 0 Å². The SMILES string of the molecule is COc1cc(O)c2c(c1)C(=O)c1c(cc3c(c1O)-c1c(cc(C)c(C(=O)NC(CO)C(=O)O)c1O)[C@H](OC1OC(C)C(O)C(O)C1O)[C@H]3O)C2=O. The van der Waals surface area contributed by atoms with Gasteiger partial charge in [-0.05, 0) is 42.7 Å². The molecule has 0 spiro atoms. The van der Waals surface area contributed by atoms with E-state index in [0.717, 1.165) is 12.1 Å². The van der Waals surface area contributed by atoms with Gasteiger partial charge in [0.1, 0.15) is 53.5 Å². The molecular formula is C34H33NO16. The number of phenols is 3. The Morgan fingerprint density at radius 1 is 0.863 bits per heavy atom. The number of phenolic OH excluding ortho intramolecular Hbond substituents is 3. The number of ether oxygens (including phenoxy) is 3. The van der Waals surface area contributed by atoms with Gasteiger partial charge in [0.2, 0.25) is 0 Å². The fourth-order valence-electron chi connectivity index (χ4n) is 6.77. The lowest BCUT2D eigenvalue weighted by molar-refractivity contribution is -0.312. The highest BCUT2D eigenvalue weighted by molar-refractivity contribution is 6.31. The van der Waals surface area contributed by atoms with Gasteiger partial charge in [0.15, 0.2) is 23.9 Å². The van der Waals surface area contributed by atoms with Crippen molar-refractivity contribution in [2.45, 2.75) is 62.8 Å². The smallest absolute Gasteiger partial charge is 0.328 e. The van der Waals surface area contributed by atoms with E-state index in [9.17, 15) is 65.1 Å². The van der Waals surface area contributed by atoms with E-state index in [0.29, 0.717) is 0 Å². The minimum atomic E-state index is -1.88. The molecule has 10 N–H and O–H groups in total. The number of amides is 1.